The number of rotatable bonds is 2. The number of nitrogens with zero attached hydrogens (tertiary/aromatic N) is 2. The molecule has 0 saturated heterocycles. The number of pyridine rings is 1. The number of nitriles is 1. The third kappa shape index (κ3) is 2.30. The molecule has 0 spiro atoms. The fraction of sp³-hybridized carbons (Fsp3) is 0.143. The lowest BCUT2D eigenvalue weighted by atomic mass is 10.2. The number of hydrogen-bond acceptors (Lipinski definition) is 3. The van der Waals surface area contributed by atoms with E-state index in [1.165, 1.54) is 12.3 Å². The van der Waals surface area contributed by atoms with E-state index in [9.17, 15) is 4.39 Å². The minimum absolute atomic E-state index is 0.0737. The first-order valence-corrected chi connectivity index (χ1v) is 5.41. The number of halogens is 1. The summed E-state index contributed by atoms with van der Waals surface area (Å²) in [6, 6.07) is 8.26. The van der Waals surface area contributed by atoms with E-state index in [0.717, 1.165) is 11.1 Å². The fourth-order valence-electron chi connectivity index (χ4n) is 1.54. The lowest BCUT2D eigenvalue weighted by Crippen LogP contribution is -1.96. The van der Waals surface area contributed by atoms with Crippen LogP contribution in [0.4, 0.5) is 4.39 Å². The number of aryl methyl sites for hydroxylation is 2. The Hall–Kier alpha value is -2.41. The molecule has 0 radical (unpaired) electrons. The minimum atomic E-state index is -0.479. The zero-order valence-corrected chi connectivity index (χ0v) is 10.1. The fourth-order valence-corrected chi connectivity index (χ4v) is 1.54. The normalized spacial score (nSPS) is 9.89. The lowest BCUT2D eigenvalue weighted by molar-refractivity contribution is 0.425. The van der Waals surface area contributed by atoms with Crippen LogP contribution in [0.2, 0.25) is 0 Å². The van der Waals surface area contributed by atoms with E-state index in [1.807, 2.05) is 13.0 Å². The second-order valence-corrected chi connectivity index (χ2v) is 3.96. The molecule has 1 heterocycles. The molecule has 1 aromatic heterocycles. The van der Waals surface area contributed by atoms with Crippen LogP contribution in [0.25, 0.3) is 0 Å². The van der Waals surface area contributed by atoms with Gasteiger partial charge in [-0.15, -0.1) is 0 Å². The monoisotopic (exact) mass is 242 g/mol. The molecule has 0 N–H and O–H groups in total. The van der Waals surface area contributed by atoms with Crippen LogP contribution in [0, 0.1) is 31.0 Å². The van der Waals surface area contributed by atoms with Crippen LogP contribution in [-0.4, -0.2) is 4.98 Å². The van der Waals surface area contributed by atoms with Gasteiger partial charge in [-0.3, -0.25) is 0 Å². The van der Waals surface area contributed by atoms with Crippen molar-refractivity contribution in [3.05, 3.63) is 53.0 Å². The van der Waals surface area contributed by atoms with Gasteiger partial charge in [-0.2, -0.15) is 5.26 Å². The highest BCUT2D eigenvalue weighted by Crippen LogP contribution is 2.27. The van der Waals surface area contributed by atoms with Crippen molar-refractivity contribution in [1.29, 1.82) is 5.26 Å². The summed E-state index contributed by atoms with van der Waals surface area (Å²) in [6.45, 7) is 3.61. The predicted octanol–water partition coefficient (Wildman–Crippen LogP) is 3.50. The number of hydrogen-bond donors (Lipinski definition) is 0. The van der Waals surface area contributed by atoms with E-state index in [4.69, 9.17) is 10.00 Å². The molecular formula is C14H11FN2O. The molecule has 0 aliphatic heterocycles. The minimum Gasteiger partial charge on any atom is -0.435 e. The van der Waals surface area contributed by atoms with Crippen LogP contribution in [0.15, 0.2) is 30.5 Å². The maximum Gasteiger partial charge on any atom is 0.237 e. The molecule has 0 aliphatic carbocycles. The predicted molar refractivity (Wildman–Crippen MR) is 64.9 cm³/mol. The largest absolute Gasteiger partial charge is 0.435 e. The molecule has 1 aromatic carbocycles. The van der Waals surface area contributed by atoms with Crippen LogP contribution in [0.5, 0.6) is 11.6 Å². The second kappa shape index (κ2) is 4.84. The molecule has 0 fully saturated rings. The zero-order valence-electron chi connectivity index (χ0n) is 10.1. The number of aromatic nitrogens is 1. The molecular weight excluding hydrogens is 231 g/mol. The summed E-state index contributed by atoms with van der Waals surface area (Å²) in [6.07, 6.45) is 1.53. The Morgan fingerprint density at radius 1 is 1.28 bits per heavy atom. The summed E-state index contributed by atoms with van der Waals surface area (Å²) < 4.78 is 18.9. The van der Waals surface area contributed by atoms with Crippen molar-refractivity contribution in [1.82, 2.24) is 4.98 Å². The van der Waals surface area contributed by atoms with Gasteiger partial charge in [-0.25, -0.2) is 9.37 Å². The van der Waals surface area contributed by atoms with Crippen molar-refractivity contribution in [2.75, 3.05) is 0 Å². The van der Waals surface area contributed by atoms with Crippen LogP contribution < -0.4 is 4.74 Å². The van der Waals surface area contributed by atoms with Gasteiger partial charge in [-0.05, 0) is 43.2 Å². The van der Waals surface area contributed by atoms with E-state index in [1.54, 1.807) is 25.1 Å². The van der Waals surface area contributed by atoms with Crippen molar-refractivity contribution < 1.29 is 9.13 Å². The summed E-state index contributed by atoms with van der Waals surface area (Å²) in [4.78, 5) is 3.97. The molecule has 0 amide bonds. The summed E-state index contributed by atoms with van der Waals surface area (Å²) in [5.74, 6) is -0.278. The van der Waals surface area contributed by atoms with E-state index in [2.05, 4.69) is 4.98 Å². The highest BCUT2D eigenvalue weighted by atomic mass is 19.1. The molecule has 2 rings (SSSR count). The standard InChI is InChI=1S/C14H11FN2O/c1-9-3-4-12(15)13(7-9)18-14-11(8-16)10(2)5-6-17-14/h3-7H,1-2H3. The van der Waals surface area contributed by atoms with Gasteiger partial charge in [0.25, 0.3) is 0 Å². The Kier molecular flexibility index (Phi) is 3.24. The molecule has 18 heavy (non-hydrogen) atoms. The Balaban J connectivity index is 2.44. The summed E-state index contributed by atoms with van der Waals surface area (Å²) in [5.41, 5.74) is 1.94. The SMILES string of the molecule is Cc1ccc(F)c(Oc2nccc(C)c2C#N)c1. The van der Waals surface area contributed by atoms with Gasteiger partial charge in [0.15, 0.2) is 11.6 Å². The van der Waals surface area contributed by atoms with E-state index >= 15 is 0 Å². The average molecular weight is 242 g/mol. The highest BCUT2D eigenvalue weighted by molar-refractivity contribution is 5.46. The van der Waals surface area contributed by atoms with Gasteiger partial charge in [-0.1, -0.05) is 6.07 Å². The Morgan fingerprint density at radius 2 is 2.06 bits per heavy atom. The molecule has 0 atom stereocenters. The van der Waals surface area contributed by atoms with Crippen molar-refractivity contribution in [3.63, 3.8) is 0 Å². The summed E-state index contributed by atoms with van der Waals surface area (Å²) in [5, 5.41) is 9.04. The molecule has 0 saturated carbocycles. The molecule has 0 aliphatic rings. The first kappa shape index (κ1) is 12.1. The van der Waals surface area contributed by atoms with Crippen molar-refractivity contribution >= 4 is 0 Å². The third-order valence-electron chi connectivity index (χ3n) is 2.53. The average Bonchev–Trinajstić information content (AvgIpc) is 2.34. The van der Waals surface area contributed by atoms with E-state index in [0.29, 0.717) is 5.56 Å². The summed E-state index contributed by atoms with van der Waals surface area (Å²) >= 11 is 0. The van der Waals surface area contributed by atoms with Gasteiger partial charge in [0.2, 0.25) is 5.88 Å². The van der Waals surface area contributed by atoms with Gasteiger partial charge < -0.3 is 4.74 Å². The molecule has 3 nitrogen and oxygen atoms in total. The Morgan fingerprint density at radius 3 is 2.78 bits per heavy atom. The third-order valence-corrected chi connectivity index (χ3v) is 2.53. The van der Waals surface area contributed by atoms with Crippen LogP contribution in [-0.2, 0) is 0 Å². The van der Waals surface area contributed by atoms with Crippen molar-refractivity contribution in [2.45, 2.75) is 13.8 Å². The maximum atomic E-state index is 13.6. The first-order valence-electron chi connectivity index (χ1n) is 5.41. The van der Waals surface area contributed by atoms with Gasteiger partial charge in [0.1, 0.15) is 11.6 Å². The van der Waals surface area contributed by atoms with Crippen LogP contribution in [0.3, 0.4) is 0 Å². The second-order valence-electron chi connectivity index (χ2n) is 3.96. The van der Waals surface area contributed by atoms with Crippen molar-refractivity contribution in [2.24, 2.45) is 0 Å². The van der Waals surface area contributed by atoms with Gasteiger partial charge in [0.05, 0.1) is 0 Å². The van der Waals surface area contributed by atoms with Crippen molar-refractivity contribution in [3.8, 4) is 17.7 Å². The summed E-state index contributed by atoms with van der Waals surface area (Å²) in [7, 11) is 0. The van der Waals surface area contributed by atoms with Gasteiger partial charge in [0, 0.05) is 6.20 Å². The molecule has 0 bridgehead atoms. The molecule has 4 heteroatoms. The van der Waals surface area contributed by atoms with E-state index in [-0.39, 0.29) is 11.6 Å². The number of ether oxygens (including phenoxy) is 1. The quantitative estimate of drug-likeness (QED) is 0.809. The molecule has 90 valence electrons. The van der Waals surface area contributed by atoms with Crippen LogP contribution in [0.1, 0.15) is 16.7 Å². The highest BCUT2D eigenvalue weighted by Gasteiger charge is 2.11. The van der Waals surface area contributed by atoms with Crippen LogP contribution >= 0.6 is 0 Å². The zero-order chi connectivity index (χ0) is 13.1. The Bertz CT molecular complexity index is 632. The van der Waals surface area contributed by atoms with E-state index < -0.39 is 5.82 Å². The van der Waals surface area contributed by atoms with Gasteiger partial charge >= 0.3 is 0 Å². The maximum absolute atomic E-state index is 13.6. The topological polar surface area (TPSA) is 45.9 Å². The number of benzene rings is 1. The lowest BCUT2D eigenvalue weighted by Gasteiger charge is -2.08. The smallest absolute Gasteiger partial charge is 0.237 e. The first-order chi connectivity index (χ1) is 8.61. The molecule has 2 aromatic rings. The Labute approximate surface area is 104 Å². The molecule has 0 unspecified atom stereocenters.